The molecule has 4 fully saturated rings. The molecule has 0 aliphatic heterocycles. The van der Waals surface area contributed by atoms with Gasteiger partial charge in [-0.15, -0.1) is 0 Å². The maximum Gasteiger partial charge on any atom is 0.263 e. The Morgan fingerprint density at radius 1 is 0.892 bits per heavy atom. The van der Waals surface area contributed by atoms with Gasteiger partial charge in [0.25, 0.3) is 15.9 Å². The van der Waals surface area contributed by atoms with Crippen molar-refractivity contribution in [1.29, 1.82) is 0 Å². The maximum atomic E-state index is 13.1. The second kappa shape index (κ2) is 9.17. The van der Waals surface area contributed by atoms with Crippen molar-refractivity contribution >= 4 is 38.9 Å². The number of aryl methyl sites for hydroxylation is 1. The van der Waals surface area contributed by atoms with Crippen LogP contribution in [0.15, 0.2) is 71.6 Å². The minimum absolute atomic E-state index is 0.0533. The van der Waals surface area contributed by atoms with Crippen LogP contribution in [0.25, 0.3) is 0 Å². The summed E-state index contributed by atoms with van der Waals surface area (Å²) in [5, 5.41) is 2.97. The van der Waals surface area contributed by atoms with E-state index in [2.05, 4.69) is 22.2 Å². The lowest BCUT2D eigenvalue weighted by Gasteiger charge is -2.57. The monoisotopic (exact) mass is 534 g/mol. The molecule has 1 amide bonds. The molecular weight excluding hydrogens is 504 g/mol. The Bertz CT molecular complexity index is 1430. The third kappa shape index (κ3) is 4.66. The standard InChI is InChI=1S/C30H31ClN2O3S/c1-19-4-2-3-5-27(19)33-37(35,36)28-15-23(6-11-26(28)31)29(34)32-25-9-7-24(8-10-25)30-16-20-12-21(17-30)14-22(13-20)18-30/h2-11,15,20-22,33H,12-14,16-18H2,1H3,(H,32,34). The molecule has 4 aliphatic carbocycles. The van der Waals surface area contributed by atoms with Gasteiger partial charge < -0.3 is 5.32 Å². The lowest BCUT2D eigenvalue weighted by Crippen LogP contribution is -2.48. The van der Waals surface area contributed by atoms with Crippen LogP contribution in [0.3, 0.4) is 0 Å². The zero-order valence-electron chi connectivity index (χ0n) is 20.8. The molecule has 192 valence electrons. The van der Waals surface area contributed by atoms with Crippen LogP contribution in [0.2, 0.25) is 5.02 Å². The van der Waals surface area contributed by atoms with Crippen molar-refractivity contribution in [1.82, 2.24) is 0 Å². The van der Waals surface area contributed by atoms with Gasteiger partial charge in [0.1, 0.15) is 4.90 Å². The Hall–Kier alpha value is -2.83. The number of sulfonamides is 1. The fourth-order valence-electron chi connectivity index (χ4n) is 7.31. The quantitative estimate of drug-likeness (QED) is 0.352. The van der Waals surface area contributed by atoms with E-state index in [-0.39, 0.29) is 21.4 Å². The van der Waals surface area contributed by atoms with E-state index in [0.717, 1.165) is 23.3 Å². The number of anilines is 2. The Labute approximate surface area is 223 Å². The first-order valence-corrected chi connectivity index (χ1v) is 14.9. The molecule has 4 saturated carbocycles. The predicted octanol–water partition coefficient (Wildman–Crippen LogP) is 7.17. The highest BCUT2D eigenvalue weighted by atomic mass is 35.5. The van der Waals surface area contributed by atoms with Gasteiger partial charge >= 0.3 is 0 Å². The van der Waals surface area contributed by atoms with Gasteiger partial charge in [-0.25, -0.2) is 8.42 Å². The van der Waals surface area contributed by atoms with Crippen molar-refractivity contribution in [2.45, 2.75) is 55.8 Å². The molecule has 0 aromatic heterocycles. The number of hydrogen-bond donors (Lipinski definition) is 2. The van der Waals surface area contributed by atoms with E-state index >= 15 is 0 Å². The van der Waals surface area contributed by atoms with Crippen molar-refractivity contribution in [2.75, 3.05) is 10.0 Å². The summed E-state index contributed by atoms with van der Waals surface area (Å²) >= 11 is 6.25. The predicted molar refractivity (Wildman–Crippen MR) is 148 cm³/mol. The summed E-state index contributed by atoms with van der Waals surface area (Å²) in [6.45, 7) is 1.82. The first-order chi connectivity index (χ1) is 17.7. The molecule has 3 aromatic rings. The summed E-state index contributed by atoms with van der Waals surface area (Å²) in [7, 11) is -3.99. The van der Waals surface area contributed by atoms with Gasteiger partial charge in [-0.05, 0) is 116 Å². The molecule has 0 unspecified atom stereocenters. The average Bonchev–Trinajstić information content (AvgIpc) is 2.85. The van der Waals surface area contributed by atoms with Crippen molar-refractivity contribution in [3.63, 3.8) is 0 Å². The largest absolute Gasteiger partial charge is 0.322 e. The fourth-order valence-corrected chi connectivity index (χ4v) is 8.97. The van der Waals surface area contributed by atoms with E-state index in [1.165, 1.54) is 62.3 Å². The summed E-state index contributed by atoms with van der Waals surface area (Å²) < 4.78 is 28.7. The van der Waals surface area contributed by atoms with Gasteiger partial charge in [-0.3, -0.25) is 9.52 Å². The van der Waals surface area contributed by atoms with Gasteiger partial charge in [0.2, 0.25) is 0 Å². The van der Waals surface area contributed by atoms with Crippen LogP contribution in [0.4, 0.5) is 11.4 Å². The molecule has 0 spiro atoms. The number of nitrogens with one attached hydrogen (secondary N) is 2. The number of benzene rings is 3. The highest BCUT2D eigenvalue weighted by Crippen LogP contribution is 2.60. The zero-order valence-corrected chi connectivity index (χ0v) is 22.4. The van der Waals surface area contributed by atoms with Gasteiger partial charge in [0.15, 0.2) is 0 Å². The van der Waals surface area contributed by atoms with Crippen molar-refractivity contribution in [3.8, 4) is 0 Å². The maximum absolute atomic E-state index is 13.1. The van der Waals surface area contributed by atoms with E-state index in [4.69, 9.17) is 11.6 Å². The number of carbonyl (C=O) groups is 1. The van der Waals surface area contributed by atoms with E-state index in [9.17, 15) is 13.2 Å². The molecule has 0 heterocycles. The molecule has 4 bridgehead atoms. The van der Waals surface area contributed by atoms with E-state index in [1.54, 1.807) is 12.1 Å². The Kier molecular flexibility index (Phi) is 6.08. The third-order valence-electron chi connectivity index (χ3n) is 8.67. The van der Waals surface area contributed by atoms with Crippen LogP contribution >= 0.6 is 11.6 Å². The second-order valence-electron chi connectivity index (χ2n) is 11.3. The fraction of sp³-hybridized carbons (Fsp3) is 0.367. The zero-order chi connectivity index (χ0) is 25.8. The second-order valence-corrected chi connectivity index (χ2v) is 13.4. The Balaban J connectivity index is 1.19. The molecule has 37 heavy (non-hydrogen) atoms. The summed E-state index contributed by atoms with van der Waals surface area (Å²) in [4.78, 5) is 12.9. The van der Waals surface area contributed by atoms with Gasteiger partial charge in [-0.1, -0.05) is 41.9 Å². The first-order valence-electron chi connectivity index (χ1n) is 13.0. The van der Waals surface area contributed by atoms with Crippen LogP contribution < -0.4 is 10.0 Å². The summed E-state index contributed by atoms with van der Waals surface area (Å²) in [5.74, 6) is 2.25. The van der Waals surface area contributed by atoms with E-state index in [0.29, 0.717) is 16.8 Å². The Morgan fingerprint density at radius 2 is 1.51 bits per heavy atom. The lowest BCUT2D eigenvalue weighted by atomic mass is 9.48. The lowest BCUT2D eigenvalue weighted by molar-refractivity contribution is -0.00518. The normalized spacial score (nSPS) is 26.2. The number of rotatable bonds is 6. The highest BCUT2D eigenvalue weighted by molar-refractivity contribution is 7.92. The number of carbonyl (C=O) groups excluding carboxylic acids is 1. The molecule has 0 saturated heterocycles. The highest BCUT2D eigenvalue weighted by Gasteiger charge is 2.51. The minimum atomic E-state index is -3.99. The number of halogens is 1. The molecule has 4 aliphatic rings. The van der Waals surface area contributed by atoms with Crippen LogP contribution in [0, 0.1) is 24.7 Å². The summed E-state index contributed by atoms with van der Waals surface area (Å²) in [6, 6.07) is 19.7. The van der Waals surface area contributed by atoms with Crippen molar-refractivity contribution < 1.29 is 13.2 Å². The molecule has 7 heteroatoms. The topological polar surface area (TPSA) is 75.3 Å². The van der Waals surface area contributed by atoms with Gasteiger partial charge in [0.05, 0.1) is 10.7 Å². The molecule has 7 rings (SSSR count). The van der Waals surface area contributed by atoms with Gasteiger partial charge in [-0.2, -0.15) is 0 Å². The molecule has 5 nitrogen and oxygen atoms in total. The number of hydrogen-bond acceptors (Lipinski definition) is 3. The molecule has 0 radical (unpaired) electrons. The van der Waals surface area contributed by atoms with Crippen LogP contribution in [0.1, 0.15) is 60.0 Å². The molecule has 0 atom stereocenters. The summed E-state index contributed by atoms with van der Waals surface area (Å²) in [6.07, 6.45) is 8.11. The first kappa shape index (κ1) is 24.5. The average molecular weight is 535 g/mol. The number of para-hydroxylation sites is 1. The van der Waals surface area contributed by atoms with Crippen LogP contribution in [-0.2, 0) is 15.4 Å². The van der Waals surface area contributed by atoms with Crippen molar-refractivity contribution in [2.24, 2.45) is 17.8 Å². The molecule has 2 N–H and O–H groups in total. The van der Waals surface area contributed by atoms with E-state index in [1.807, 2.05) is 31.2 Å². The van der Waals surface area contributed by atoms with Gasteiger partial charge in [0, 0.05) is 11.3 Å². The molecule has 3 aromatic carbocycles. The summed E-state index contributed by atoms with van der Waals surface area (Å²) in [5.41, 5.74) is 3.86. The third-order valence-corrected chi connectivity index (χ3v) is 10.5. The SMILES string of the molecule is Cc1ccccc1NS(=O)(=O)c1cc(C(=O)Nc2ccc(C34CC5CC(CC(C5)C3)C4)cc2)ccc1Cl. The molecular formula is C30H31ClN2O3S. The van der Waals surface area contributed by atoms with E-state index < -0.39 is 10.0 Å². The minimum Gasteiger partial charge on any atom is -0.322 e. The Morgan fingerprint density at radius 3 is 2.14 bits per heavy atom. The number of amides is 1. The smallest absolute Gasteiger partial charge is 0.263 e. The van der Waals surface area contributed by atoms with Crippen molar-refractivity contribution in [3.05, 3.63) is 88.4 Å². The van der Waals surface area contributed by atoms with Crippen LogP contribution in [-0.4, -0.2) is 14.3 Å². The van der Waals surface area contributed by atoms with Crippen LogP contribution in [0.5, 0.6) is 0 Å².